The fourth-order valence-corrected chi connectivity index (χ4v) is 1.76. The van der Waals surface area contributed by atoms with Gasteiger partial charge in [-0.15, -0.1) is 0 Å². The average molecular weight is 291 g/mol. The van der Waals surface area contributed by atoms with Crippen molar-refractivity contribution >= 4 is 23.6 Å². The lowest BCUT2D eigenvalue weighted by atomic mass is 10.2. The zero-order valence-corrected chi connectivity index (χ0v) is 11.4. The number of amides is 3. The third kappa shape index (κ3) is 4.79. The van der Waals surface area contributed by atoms with E-state index < -0.39 is 12.0 Å². The van der Waals surface area contributed by atoms with Gasteiger partial charge in [-0.05, 0) is 31.0 Å². The molecule has 0 radical (unpaired) electrons. The Morgan fingerprint density at radius 3 is 2.52 bits per heavy atom. The summed E-state index contributed by atoms with van der Waals surface area (Å²) in [5, 5.41) is 16.7. The van der Waals surface area contributed by atoms with Gasteiger partial charge in [-0.3, -0.25) is 4.79 Å². The van der Waals surface area contributed by atoms with Crippen LogP contribution in [0.5, 0.6) is 0 Å². The van der Waals surface area contributed by atoms with Gasteiger partial charge in [0.15, 0.2) is 0 Å². The molecule has 112 valence electrons. The molecule has 21 heavy (non-hydrogen) atoms. The highest BCUT2D eigenvalue weighted by molar-refractivity contribution is 5.93. The van der Waals surface area contributed by atoms with Gasteiger partial charge in [0, 0.05) is 24.7 Å². The summed E-state index contributed by atoms with van der Waals surface area (Å²) < 4.78 is 0. The second-order valence-corrected chi connectivity index (χ2v) is 4.83. The normalized spacial score (nSPS) is 13.3. The smallest absolute Gasteiger partial charge is 0.335 e. The molecule has 3 amide bonds. The van der Waals surface area contributed by atoms with Gasteiger partial charge in [-0.25, -0.2) is 9.59 Å². The van der Waals surface area contributed by atoms with Crippen LogP contribution in [0.25, 0.3) is 0 Å². The Morgan fingerprint density at radius 1 is 1.14 bits per heavy atom. The number of rotatable bonds is 6. The van der Waals surface area contributed by atoms with Crippen molar-refractivity contribution in [3.8, 4) is 0 Å². The monoisotopic (exact) mass is 291 g/mol. The van der Waals surface area contributed by atoms with Gasteiger partial charge in [0.2, 0.25) is 5.91 Å². The number of benzene rings is 1. The lowest BCUT2D eigenvalue weighted by Gasteiger charge is -2.09. The predicted molar refractivity (Wildman–Crippen MR) is 76.2 cm³/mol. The van der Waals surface area contributed by atoms with Crippen LogP contribution in [-0.4, -0.2) is 36.1 Å². The van der Waals surface area contributed by atoms with Crippen molar-refractivity contribution in [3.63, 3.8) is 0 Å². The number of anilines is 1. The van der Waals surface area contributed by atoms with Crippen LogP contribution in [0.15, 0.2) is 24.3 Å². The molecule has 0 aromatic heterocycles. The van der Waals surface area contributed by atoms with Crippen molar-refractivity contribution in [3.05, 3.63) is 29.8 Å². The van der Waals surface area contributed by atoms with E-state index in [0.29, 0.717) is 18.8 Å². The first-order valence-corrected chi connectivity index (χ1v) is 6.72. The molecule has 1 fully saturated rings. The number of nitrogens with one attached hydrogen (secondary N) is 3. The molecule has 0 atom stereocenters. The molecule has 0 bridgehead atoms. The molecular formula is C14H17N3O4. The molecule has 1 aliphatic rings. The molecule has 7 nitrogen and oxygen atoms in total. The van der Waals surface area contributed by atoms with Gasteiger partial charge >= 0.3 is 12.0 Å². The molecule has 1 aromatic carbocycles. The standard InChI is InChI=1S/C14H17N3O4/c18-12(9-4-5-9)15-6-7-16-14(21)17-11-3-1-2-10(8-11)13(19)20/h1-3,8-9H,4-7H2,(H,15,18)(H,19,20)(H2,16,17,21). The number of urea groups is 1. The predicted octanol–water partition coefficient (Wildman–Crippen LogP) is 1.03. The van der Waals surface area contributed by atoms with E-state index in [4.69, 9.17) is 5.11 Å². The highest BCUT2D eigenvalue weighted by Gasteiger charge is 2.28. The number of aromatic carboxylic acids is 1. The van der Waals surface area contributed by atoms with E-state index in [9.17, 15) is 14.4 Å². The highest BCUT2D eigenvalue weighted by Crippen LogP contribution is 2.28. The highest BCUT2D eigenvalue weighted by atomic mass is 16.4. The van der Waals surface area contributed by atoms with Gasteiger partial charge in [0.1, 0.15) is 0 Å². The van der Waals surface area contributed by atoms with Crippen LogP contribution in [-0.2, 0) is 4.79 Å². The summed E-state index contributed by atoms with van der Waals surface area (Å²) in [6.07, 6.45) is 1.89. The molecule has 0 unspecified atom stereocenters. The summed E-state index contributed by atoms with van der Waals surface area (Å²) in [4.78, 5) is 33.8. The zero-order valence-electron chi connectivity index (χ0n) is 11.4. The molecule has 1 aliphatic carbocycles. The number of carbonyl (C=O) groups excluding carboxylic acids is 2. The molecule has 0 aliphatic heterocycles. The fourth-order valence-electron chi connectivity index (χ4n) is 1.76. The number of carbonyl (C=O) groups is 3. The molecule has 1 saturated carbocycles. The van der Waals surface area contributed by atoms with E-state index in [1.807, 2.05) is 0 Å². The van der Waals surface area contributed by atoms with E-state index in [2.05, 4.69) is 16.0 Å². The van der Waals surface area contributed by atoms with Crippen molar-refractivity contribution in [1.82, 2.24) is 10.6 Å². The van der Waals surface area contributed by atoms with E-state index in [-0.39, 0.29) is 17.4 Å². The molecule has 0 saturated heterocycles. The van der Waals surface area contributed by atoms with E-state index in [0.717, 1.165) is 12.8 Å². The van der Waals surface area contributed by atoms with Crippen LogP contribution >= 0.6 is 0 Å². The van der Waals surface area contributed by atoms with Crippen molar-refractivity contribution in [2.75, 3.05) is 18.4 Å². The fraction of sp³-hybridized carbons (Fsp3) is 0.357. The zero-order chi connectivity index (χ0) is 15.2. The van der Waals surface area contributed by atoms with Crippen LogP contribution < -0.4 is 16.0 Å². The van der Waals surface area contributed by atoms with Gasteiger partial charge in [0.05, 0.1) is 5.56 Å². The Hall–Kier alpha value is -2.57. The maximum Gasteiger partial charge on any atom is 0.335 e. The molecule has 4 N–H and O–H groups in total. The molecule has 7 heteroatoms. The van der Waals surface area contributed by atoms with Crippen LogP contribution in [0, 0.1) is 5.92 Å². The minimum Gasteiger partial charge on any atom is -0.478 e. The Labute approximate surface area is 121 Å². The third-order valence-corrected chi connectivity index (χ3v) is 3.03. The first-order chi connectivity index (χ1) is 10.1. The van der Waals surface area contributed by atoms with Gasteiger partial charge in [0.25, 0.3) is 0 Å². The Kier molecular flexibility index (Phi) is 4.76. The maximum atomic E-state index is 11.6. The van der Waals surface area contributed by atoms with Crippen LogP contribution in [0.1, 0.15) is 23.2 Å². The molecule has 0 heterocycles. The summed E-state index contributed by atoms with van der Waals surface area (Å²) in [6.45, 7) is 0.681. The maximum absolute atomic E-state index is 11.6. The van der Waals surface area contributed by atoms with E-state index in [1.54, 1.807) is 12.1 Å². The lowest BCUT2D eigenvalue weighted by molar-refractivity contribution is -0.122. The Morgan fingerprint density at radius 2 is 1.86 bits per heavy atom. The van der Waals surface area contributed by atoms with E-state index >= 15 is 0 Å². The summed E-state index contributed by atoms with van der Waals surface area (Å²) >= 11 is 0. The van der Waals surface area contributed by atoms with Crippen molar-refractivity contribution in [2.24, 2.45) is 5.92 Å². The average Bonchev–Trinajstić information content (AvgIpc) is 3.28. The number of hydrogen-bond donors (Lipinski definition) is 4. The molecular weight excluding hydrogens is 274 g/mol. The Balaban J connectivity index is 1.70. The second kappa shape index (κ2) is 6.74. The molecule has 1 aromatic rings. The summed E-state index contributed by atoms with van der Waals surface area (Å²) in [7, 11) is 0. The largest absolute Gasteiger partial charge is 0.478 e. The molecule has 0 spiro atoms. The summed E-state index contributed by atoms with van der Waals surface area (Å²) in [5.74, 6) is -0.870. The first kappa shape index (κ1) is 14.8. The van der Waals surface area contributed by atoms with Gasteiger partial charge in [-0.1, -0.05) is 6.07 Å². The number of carboxylic acid groups (broad SMARTS) is 1. The van der Waals surface area contributed by atoms with Crippen LogP contribution in [0.2, 0.25) is 0 Å². The second-order valence-electron chi connectivity index (χ2n) is 4.83. The topological polar surface area (TPSA) is 108 Å². The minimum absolute atomic E-state index is 0.0337. The first-order valence-electron chi connectivity index (χ1n) is 6.72. The minimum atomic E-state index is -1.05. The summed E-state index contributed by atoms with van der Waals surface area (Å²) in [6, 6.07) is 5.52. The van der Waals surface area contributed by atoms with Crippen LogP contribution in [0.3, 0.4) is 0 Å². The SMILES string of the molecule is O=C(NCCNC(=O)C1CC1)Nc1cccc(C(=O)O)c1. The van der Waals surface area contributed by atoms with Gasteiger partial charge < -0.3 is 21.1 Å². The third-order valence-electron chi connectivity index (χ3n) is 3.03. The number of hydrogen-bond acceptors (Lipinski definition) is 3. The summed E-state index contributed by atoms with van der Waals surface area (Å²) in [5.41, 5.74) is 0.499. The van der Waals surface area contributed by atoms with E-state index in [1.165, 1.54) is 12.1 Å². The van der Waals surface area contributed by atoms with Crippen molar-refractivity contribution < 1.29 is 19.5 Å². The Bertz CT molecular complexity index is 555. The quantitative estimate of drug-likeness (QED) is 0.587. The van der Waals surface area contributed by atoms with Crippen molar-refractivity contribution in [2.45, 2.75) is 12.8 Å². The number of carboxylic acids is 1. The van der Waals surface area contributed by atoms with Crippen molar-refractivity contribution in [1.29, 1.82) is 0 Å². The molecule has 2 rings (SSSR count). The lowest BCUT2D eigenvalue weighted by Crippen LogP contribution is -2.37. The van der Waals surface area contributed by atoms with Crippen LogP contribution in [0.4, 0.5) is 10.5 Å². The van der Waals surface area contributed by atoms with Gasteiger partial charge in [-0.2, -0.15) is 0 Å².